The third-order valence-electron chi connectivity index (χ3n) is 1.83. The molecule has 0 bridgehead atoms. The van der Waals surface area contributed by atoms with Crippen LogP contribution >= 0.6 is 23.2 Å². The first-order valence-electron chi connectivity index (χ1n) is 4.52. The lowest BCUT2D eigenvalue weighted by Gasteiger charge is -2.04. The van der Waals surface area contributed by atoms with Crippen molar-refractivity contribution in [2.24, 2.45) is 0 Å². The summed E-state index contributed by atoms with van der Waals surface area (Å²) in [5.74, 6) is 1.60. The molecule has 2 aromatic rings. The van der Waals surface area contributed by atoms with Crippen LogP contribution in [0.2, 0.25) is 10.0 Å². The lowest BCUT2D eigenvalue weighted by molar-refractivity contribution is 0.286. The maximum atomic E-state index is 5.84. The molecular weight excluding hydrogens is 251 g/mol. The van der Waals surface area contributed by atoms with E-state index in [-0.39, 0.29) is 6.61 Å². The van der Waals surface area contributed by atoms with Crippen molar-refractivity contribution in [2.45, 2.75) is 13.5 Å². The lowest BCUT2D eigenvalue weighted by atomic mass is 10.3. The minimum absolute atomic E-state index is 0.231. The third-order valence-corrected chi connectivity index (χ3v) is 2.57. The van der Waals surface area contributed by atoms with Gasteiger partial charge in [0.15, 0.2) is 6.61 Å². The third kappa shape index (κ3) is 2.65. The highest BCUT2D eigenvalue weighted by Crippen LogP contribution is 2.26. The van der Waals surface area contributed by atoms with Gasteiger partial charge in [-0.1, -0.05) is 28.4 Å². The molecule has 0 aliphatic heterocycles. The van der Waals surface area contributed by atoms with Crippen LogP contribution in [0.15, 0.2) is 22.7 Å². The molecular formula is C10H8Cl2N2O2. The fourth-order valence-electron chi connectivity index (χ4n) is 1.11. The Morgan fingerprint density at radius 3 is 2.75 bits per heavy atom. The van der Waals surface area contributed by atoms with Crippen molar-refractivity contribution in [1.82, 2.24) is 10.1 Å². The number of nitrogens with zero attached hydrogens (tertiary/aromatic N) is 2. The molecule has 6 heteroatoms. The Labute approximate surface area is 102 Å². The topological polar surface area (TPSA) is 48.2 Å². The van der Waals surface area contributed by atoms with E-state index in [4.69, 9.17) is 32.5 Å². The van der Waals surface area contributed by atoms with Crippen LogP contribution in [0.3, 0.4) is 0 Å². The van der Waals surface area contributed by atoms with Gasteiger partial charge >= 0.3 is 0 Å². The predicted octanol–water partition coefficient (Wildman–Crippen LogP) is 3.26. The van der Waals surface area contributed by atoms with Crippen molar-refractivity contribution in [3.8, 4) is 5.75 Å². The largest absolute Gasteiger partial charge is 0.485 e. The molecule has 0 atom stereocenters. The number of hydrogen-bond acceptors (Lipinski definition) is 4. The molecule has 0 radical (unpaired) electrons. The van der Waals surface area contributed by atoms with E-state index < -0.39 is 0 Å². The average Bonchev–Trinajstić information content (AvgIpc) is 2.66. The van der Waals surface area contributed by atoms with Crippen molar-refractivity contribution in [3.05, 3.63) is 40.0 Å². The van der Waals surface area contributed by atoms with Gasteiger partial charge in [0, 0.05) is 13.0 Å². The maximum absolute atomic E-state index is 5.84. The Morgan fingerprint density at radius 1 is 1.31 bits per heavy atom. The van der Waals surface area contributed by atoms with Crippen LogP contribution in [-0.2, 0) is 6.61 Å². The van der Waals surface area contributed by atoms with Crippen molar-refractivity contribution in [3.63, 3.8) is 0 Å². The molecule has 0 N–H and O–H groups in total. The van der Waals surface area contributed by atoms with E-state index in [0.29, 0.717) is 27.5 Å². The zero-order chi connectivity index (χ0) is 11.5. The predicted molar refractivity (Wildman–Crippen MR) is 59.8 cm³/mol. The van der Waals surface area contributed by atoms with Crippen LogP contribution in [0.5, 0.6) is 5.75 Å². The van der Waals surface area contributed by atoms with Crippen molar-refractivity contribution in [1.29, 1.82) is 0 Å². The van der Waals surface area contributed by atoms with Crippen LogP contribution in [-0.4, -0.2) is 10.1 Å². The Balaban J connectivity index is 2.02. The zero-order valence-corrected chi connectivity index (χ0v) is 9.92. The minimum Gasteiger partial charge on any atom is -0.485 e. The zero-order valence-electron chi connectivity index (χ0n) is 8.41. The Bertz CT molecular complexity index is 499. The molecule has 0 saturated heterocycles. The van der Waals surface area contributed by atoms with Gasteiger partial charge in [0.1, 0.15) is 5.75 Å². The molecule has 84 valence electrons. The van der Waals surface area contributed by atoms with Gasteiger partial charge < -0.3 is 9.26 Å². The molecule has 0 aliphatic carbocycles. The first-order valence-corrected chi connectivity index (χ1v) is 5.28. The number of benzene rings is 1. The first-order chi connectivity index (χ1) is 7.65. The Kier molecular flexibility index (Phi) is 3.31. The standard InChI is InChI=1S/C10H8Cl2N2O2/c1-6-13-10(14-16-6)5-15-7-2-3-8(11)9(12)4-7/h2-4H,5H2,1H3. The summed E-state index contributed by atoms with van der Waals surface area (Å²) in [4.78, 5) is 4.00. The van der Waals surface area contributed by atoms with E-state index in [9.17, 15) is 0 Å². The summed E-state index contributed by atoms with van der Waals surface area (Å²) >= 11 is 11.6. The van der Waals surface area contributed by atoms with Gasteiger partial charge in [0.25, 0.3) is 0 Å². The molecule has 0 unspecified atom stereocenters. The molecule has 1 aromatic carbocycles. The van der Waals surface area contributed by atoms with Gasteiger partial charge in [-0.2, -0.15) is 4.98 Å². The normalized spacial score (nSPS) is 10.4. The molecule has 0 spiro atoms. The summed E-state index contributed by atoms with van der Waals surface area (Å²) in [7, 11) is 0. The second-order valence-corrected chi connectivity index (χ2v) is 3.91. The molecule has 0 aliphatic rings. The summed E-state index contributed by atoms with van der Waals surface area (Å²) in [6, 6.07) is 5.03. The number of halogens is 2. The molecule has 2 rings (SSSR count). The van der Waals surface area contributed by atoms with Crippen LogP contribution in [0.1, 0.15) is 11.7 Å². The lowest BCUT2D eigenvalue weighted by Crippen LogP contribution is -1.97. The van der Waals surface area contributed by atoms with E-state index in [0.717, 1.165) is 0 Å². The number of hydrogen-bond donors (Lipinski definition) is 0. The fraction of sp³-hybridized carbons (Fsp3) is 0.200. The fourth-order valence-corrected chi connectivity index (χ4v) is 1.40. The van der Waals surface area contributed by atoms with Gasteiger partial charge in [-0.05, 0) is 12.1 Å². The molecule has 0 amide bonds. The molecule has 4 nitrogen and oxygen atoms in total. The van der Waals surface area contributed by atoms with Gasteiger partial charge in [0.05, 0.1) is 10.0 Å². The van der Waals surface area contributed by atoms with Crippen molar-refractivity contribution < 1.29 is 9.26 Å². The Morgan fingerprint density at radius 2 is 2.12 bits per heavy atom. The van der Waals surface area contributed by atoms with E-state index in [1.54, 1.807) is 25.1 Å². The number of aromatic nitrogens is 2. The van der Waals surface area contributed by atoms with Gasteiger partial charge in [-0.25, -0.2) is 0 Å². The van der Waals surface area contributed by atoms with Gasteiger partial charge in [0.2, 0.25) is 11.7 Å². The maximum Gasteiger partial charge on any atom is 0.223 e. The number of aryl methyl sites for hydroxylation is 1. The van der Waals surface area contributed by atoms with Crippen molar-refractivity contribution in [2.75, 3.05) is 0 Å². The van der Waals surface area contributed by atoms with E-state index >= 15 is 0 Å². The highest BCUT2D eigenvalue weighted by Gasteiger charge is 2.04. The highest BCUT2D eigenvalue weighted by atomic mass is 35.5. The van der Waals surface area contributed by atoms with Crippen LogP contribution in [0.25, 0.3) is 0 Å². The molecule has 0 saturated carbocycles. The minimum atomic E-state index is 0.231. The number of rotatable bonds is 3. The quantitative estimate of drug-likeness (QED) is 0.848. The van der Waals surface area contributed by atoms with Crippen LogP contribution in [0, 0.1) is 6.92 Å². The summed E-state index contributed by atoms with van der Waals surface area (Å²) < 4.78 is 10.2. The summed E-state index contributed by atoms with van der Waals surface area (Å²) in [6.45, 7) is 1.95. The van der Waals surface area contributed by atoms with Gasteiger partial charge in [-0.3, -0.25) is 0 Å². The summed E-state index contributed by atoms with van der Waals surface area (Å²) in [5, 5.41) is 4.64. The van der Waals surface area contributed by atoms with E-state index in [1.807, 2.05) is 0 Å². The second kappa shape index (κ2) is 4.72. The summed E-state index contributed by atoms with van der Waals surface area (Å²) in [6.07, 6.45) is 0. The highest BCUT2D eigenvalue weighted by molar-refractivity contribution is 6.42. The van der Waals surface area contributed by atoms with E-state index in [2.05, 4.69) is 10.1 Å². The molecule has 1 heterocycles. The molecule has 1 aromatic heterocycles. The van der Waals surface area contributed by atoms with Crippen LogP contribution < -0.4 is 4.74 Å². The second-order valence-electron chi connectivity index (χ2n) is 3.09. The Hall–Kier alpha value is -1.26. The number of ether oxygens (including phenoxy) is 1. The molecule has 0 fully saturated rings. The first kappa shape index (κ1) is 11.2. The van der Waals surface area contributed by atoms with Gasteiger partial charge in [-0.15, -0.1) is 0 Å². The van der Waals surface area contributed by atoms with Crippen LogP contribution in [0.4, 0.5) is 0 Å². The monoisotopic (exact) mass is 258 g/mol. The average molecular weight is 259 g/mol. The summed E-state index contributed by atoms with van der Waals surface area (Å²) in [5.41, 5.74) is 0. The smallest absolute Gasteiger partial charge is 0.223 e. The van der Waals surface area contributed by atoms with E-state index in [1.165, 1.54) is 0 Å². The SMILES string of the molecule is Cc1nc(COc2ccc(Cl)c(Cl)c2)no1. The van der Waals surface area contributed by atoms with Crippen molar-refractivity contribution >= 4 is 23.2 Å². The molecule has 16 heavy (non-hydrogen) atoms.